The minimum Gasteiger partial charge on any atom is -0.481 e. The molecule has 0 aromatic rings. The van der Waals surface area contributed by atoms with Crippen LogP contribution in [0.5, 0.6) is 0 Å². The maximum absolute atomic E-state index is 11.8. The highest BCUT2D eigenvalue weighted by molar-refractivity contribution is 5.82. The number of hydrogen-bond donors (Lipinski definition) is 2. The smallest absolute Gasteiger partial charge is 0.303 e. The Labute approximate surface area is 109 Å². The number of carboxylic acid groups (broad SMARTS) is 1. The van der Waals surface area contributed by atoms with Gasteiger partial charge in [0.25, 0.3) is 0 Å². The molecule has 0 heterocycles. The SMILES string of the molecule is CC(C)(CCNC(=O)C1CC1(C)C)CCC(=O)O. The van der Waals surface area contributed by atoms with E-state index in [2.05, 4.69) is 19.2 Å². The highest BCUT2D eigenvalue weighted by atomic mass is 16.4. The van der Waals surface area contributed by atoms with Crippen molar-refractivity contribution in [3.63, 3.8) is 0 Å². The molecule has 4 heteroatoms. The van der Waals surface area contributed by atoms with Crippen LogP contribution in [0.1, 0.15) is 53.4 Å². The van der Waals surface area contributed by atoms with E-state index in [1.54, 1.807) is 0 Å². The zero-order valence-corrected chi connectivity index (χ0v) is 11.9. The molecule has 1 atom stereocenters. The van der Waals surface area contributed by atoms with Crippen molar-refractivity contribution < 1.29 is 14.7 Å². The van der Waals surface area contributed by atoms with Crippen LogP contribution in [0.2, 0.25) is 0 Å². The normalized spacial score (nSPS) is 21.4. The van der Waals surface area contributed by atoms with E-state index in [0.29, 0.717) is 13.0 Å². The van der Waals surface area contributed by atoms with Crippen molar-refractivity contribution in [2.24, 2.45) is 16.7 Å². The van der Waals surface area contributed by atoms with Gasteiger partial charge in [0.15, 0.2) is 0 Å². The lowest BCUT2D eigenvalue weighted by Gasteiger charge is -2.23. The first-order valence-corrected chi connectivity index (χ1v) is 6.64. The minimum absolute atomic E-state index is 0.0370. The Balaban J connectivity index is 2.20. The quantitative estimate of drug-likeness (QED) is 0.734. The predicted molar refractivity (Wildman–Crippen MR) is 70.2 cm³/mol. The summed E-state index contributed by atoms with van der Waals surface area (Å²) in [5.41, 5.74) is 0.133. The molecule has 1 aliphatic carbocycles. The van der Waals surface area contributed by atoms with Crippen molar-refractivity contribution in [3.8, 4) is 0 Å². The van der Waals surface area contributed by atoms with Crippen molar-refractivity contribution in [3.05, 3.63) is 0 Å². The third kappa shape index (κ3) is 4.67. The second kappa shape index (κ2) is 5.29. The first-order chi connectivity index (χ1) is 8.14. The Bertz CT molecular complexity index is 334. The molecule has 0 saturated heterocycles. The molecule has 0 bridgehead atoms. The van der Waals surface area contributed by atoms with Crippen LogP contribution in [-0.2, 0) is 9.59 Å². The molecule has 2 N–H and O–H groups in total. The van der Waals surface area contributed by atoms with Crippen LogP contribution in [-0.4, -0.2) is 23.5 Å². The molecular weight excluding hydrogens is 230 g/mol. The molecule has 0 spiro atoms. The molecule has 1 rings (SSSR count). The van der Waals surface area contributed by atoms with E-state index >= 15 is 0 Å². The molecule has 1 unspecified atom stereocenters. The molecule has 1 fully saturated rings. The van der Waals surface area contributed by atoms with Crippen molar-refractivity contribution in [2.75, 3.05) is 6.54 Å². The summed E-state index contributed by atoms with van der Waals surface area (Å²) in [4.78, 5) is 22.3. The summed E-state index contributed by atoms with van der Waals surface area (Å²) >= 11 is 0. The molecular formula is C14H25NO3. The van der Waals surface area contributed by atoms with Crippen LogP contribution >= 0.6 is 0 Å². The molecule has 0 aromatic heterocycles. The lowest BCUT2D eigenvalue weighted by atomic mass is 9.84. The van der Waals surface area contributed by atoms with E-state index in [9.17, 15) is 9.59 Å². The Kier molecular flexibility index (Phi) is 4.41. The van der Waals surface area contributed by atoms with Gasteiger partial charge in [-0.05, 0) is 30.1 Å². The van der Waals surface area contributed by atoms with Gasteiger partial charge in [0, 0.05) is 18.9 Å². The summed E-state index contributed by atoms with van der Waals surface area (Å²) in [6.45, 7) is 8.94. The van der Waals surface area contributed by atoms with Crippen molar-refractivity contribution in [1.82, 2.24) is 5.32 Å². The molecule has 1 aliphatic rings. The number of carbonyl (C=O) groups is 2. The number of amides is 1. The van der Waals surface area contributed by atoms with Gasteiger partial charge in [-0.15, -0.1) is 0 Å². The largest absolute Gasteiger partial charge is 0.481 e. The summed E-state index contributed by atoms with van der Waals surface area (Å²) < 4.78 is 0. The van der Waals surface area contributed by atoms with E-state index in [1.807, 2.05) is 13.8 Å². The maximum atomic E-state index is 11.8. The summed E-state index contributed by atoms with van der Waals surface area (Å²) in [7, 11) is 0. The van der Waals surface area contributed by atoms with Gasteiger partial charge in [-0.3, -0.25) is 9.59 Å². The first kappa shape index (κ1) is 15.0. The Morgan fingerprint density at radius 1 is 1.33 bits per heavy atom. The molecule has 1 saturated carbocycles. The number of carbonyl (C=O) groups excluding carboxylic acids is 1. The number of nitrogens with one attached hydrogen (secondary N) is 1. The van der Waals surface area contributed by atoms with Crippen LogP contribution in [0, 0.1) is 16.7 Å². The van der Waals surface area contributed by atoms with Crippen LogP contribution in [0.15, 0.2) is 0 Å². The Hall–Kier alpha value is -1.06. The van der Waals surface area contributed by atoms with Gasteiger partial charge in [0.2, 0.25) is 5.91 Å². The summed E-state index contributed by atoms with van der Waals surface area (Å²) in [6, 6.07) is 0. The molecule has 1 amide bonds. The minimum atomic E-state index is -0.758. The maximum Gasteiger partial charge on any atom is 0.303 e. The van der Waals surface area contributed by atoms with Crippen LogP contribution < -0.4 is 5.32 Å². The average molecular weight is 255 g/mol. The molecule has 0 aliphatic heterocycles. The molecule has 104 valence electrons. The fourth-order valence-corrected chi connectivity index (χ4v) is 2.13. The zero-order valence-electron chi connectivity index (χ0n) is 11.9. The van der Waals surface area contributed by atoms with E-state index < -0.39 is 5.97 Å². The number of rotatable bonds is 7. The van der Waals surface area contributed by atoms with Gasteiger partial charge in [-0.2, -0.15) is 0 Å². The van der Waals surface area contributed by atoms with Crippen molar-refractivity contribution >= 4 is 11.9 Å². The summed E-state index contributed by atoms with van der Waals surface area (Å²) in [6.07, 6.45) is 2.63. The lowest BCUT2D eigenvalue weighted by Crippen LogP contribution is -2.30. The fourth-order valence-electron chi connectivity index (χ4n) is 2.13. The summed E-state index contributed by atoms with van der Waals surface area (Å²) in [5.74, 6) is -0.444. The van der Waals surface area contributed by atoms with Crippen molar-refractivity contribution in [2.45, 2.75) is 53.4 Å². The molecule has 4 nitrogen and oxygen atoms in total. The first-order valence-electron chi connectivity index (χ1n) is 6.64. The Morgan fingerprint density at radius 3 is 2.33 bits per heavy atom. The van der Waals surface area contributed by atoms with Gasteiger partial charge < -0.3 is 10.4 Å². The number of aliphatic carboxylic acids is 1. The predicted octanol–water partition coefficient (Wildman–Crippen LogP) is 2.43. The highest BCUT2D eigenvalue weighted by Gasteiger charge is 2.50. The van der Waals surface area contributed by atoms with E-state index in [-0.39, 0.29) is 29.1 Å². The molecule has 0 radical (unpaired) electrons. The fraction of sp³-hybridized carbons (Fsp3) is 0.857. The molecule has 18 heavy (non-hydrogen) atoms. The summed E-state index contributed by atoms with van der Waals surface area (Å²) in [5, 5.41) is 11.6. The van der Waals surface area contributed by atoms with E-state index in [0.717, 1.165) is 12.8 Å². The second-order valence-electron chi connectivity index (χ2n) is 6.84. The third-order valence-corrected chi connectivity index (χ3v) is 3.95. The van der Waals surface area contributed by atoms with Crippen LogP contribution in [0.4, 0.5) is 0 Å². The topological polar surface area (TPSA) is 66.4 Å². The standard InChI is InChI=1S/C14H25NO3/c1-13(2,6-5-11(16)17)7-8-15-12(18)10-9-14(10,3)4/h10H,5-9H2,1-4H3,(H,15,18)(H,16,17). The monoisotopic (exact) mass is 255 g/mol. The zero-order chi connectivity index (χ0) is 14.0. The van der Waals surface area contributed by atoms with Crippen LogP contribution in [0.25, 0.3) is 0 Å². The molecule has 0 aromatic carbocycles. The van der Waals surface area contributed by atoms with Crippen LogP contribution in [0.3, 0.4) is 0 Å². The Morgan fingerprint density at radius 2 is 1.89 bits per heavy atom. The average Bonchev–Trinajstić information content (AvgIpc) is 2.85. The van der Waals surface area contributed by atoms with Gasteiger partial charge in [0.1, 0.15) is 0 Å². The second-order valence-corrected chi connectivity index (χ2v) is 6.84. The van der Waals surface area contributed by atoms with E-state index in [4.69, 9.17) is 5.11 Å². The lowest BCUT2D eigenvalue weighted by molar-refractivity contribution is -0.137. The number of carboxylic acids is 1. The third-order valence-electron chi connectivity index (χ3n) is 3.95. The number of hydrogen-bond acceptors (Lipinski definition) is 2. The van der Waals surface area contributed by atoms with Crippen molar-refractivity contribution in [1.29, 1.82) is 0 Å². The van der Waals surface area contributed by atoms with Gasteiger partial charge in [-0.1, -0.05) is 27.7 Å². The van der Waals surface area contributed by atoms with E-state index in [1.165, 1.54) is 0 Å². The van der Waals surface area contributed by atoms with Gasteiger partial charge in [-0.25, -0.2) is 0 Å². The van der Waals surface area contributed by atoms with Gasteiger partial charge in [0.05, 0.1) is 0 Å². The van der Waals surface area contributed by atoms with Gasteiger partial charge >= 0.3 is 5.97 Å². The highest BCUT2D eigenvalue weighted by Crippen LogP contribution is 2.51.